The Hall–Kier alpha value is -2.40. The van der Waals surface area contributed by atoms with Crippen LogP contribution in [0.5, 0.6) is 5.75 Å². The van der Waals surface area contributed by atoms with Gasteiger partial charge in [-0.25, -0.2) is 9.18 Å². The maximum atomic E-state index is 12.7. The fourth-order valence-corrected chi connectivity index (χ4v) is 1.71. The van der Waals surface area contributed by atoms with Crippen molar-refractivity contribution in [1.29, 1.82) is 0 Å². The lowest BCUT2D eigenvalue weighted by molar-refractivity contribution is -0.144. The Balaban J connectivity index is 1.76. The van der Waals surface area contributed by atoms with Gasteiger partial charge in [0, 0.05) is 10.6 Å². The molecule has 0 aliphatic carbocycles. The van der Waals surface area contributed by atoms with Gasteiger partial charge in [-0.1, -0.05) is 11.6 Å². The zero-order valence-electron chi connectivity index (χ0n) is 11.4. The van der Waals surface area contributed by atoms with Gasteiger partial charge >= 0.3 is 5.97 Å². The minimum Gasteiger partial charge on any atom is -0.482 e. The van der Waals surface area contributed by atoms with Crippen LogP contribution in [0.1, 0.15) is 10.4 Å². The monoisotopic (exact) mass is 322 g/mol. The minimum atomic E-state index is -0.676. The number of ketones is 1. The molecule has 0 aliphatic heterocycles. The number of halogens is 2. The lowest BCUT2D eigenvalue weighted by atomic mass is 10.1. The number of ether oxygens (including phenoxy) is 2. The first-order valence-electron chi connectivity index (χ1n) is 6.37. The van der Waals surface area contributed by atoms with E-state index < -0.39 is 24.2 Å². The predicted molar refractivity (Wildman–Crippen MR) is 78.6 cm³/mol. The summed E-state index contributed by atoms with van der Waals surface area (Å²) in [6, 6.07) is 11.5. The van der Waals surface area contributed by atoms with Crippen molar-refractivity contribution in [3.05, 3.63) is 64.9 Å². The summed E-state index contributed by atoms with van der Waals surface area (Å²) in [6.07, 6.45) is 0. The van der Waals surface area contributed by atoms with Crippen LogP contribution in [0.25, 0.3) is 0 Å². The summed E-state index contributed by atoms with van der Waals surface area (Å²) < 4.78 is 22.7. The highest BCUT2D eigenvalue weighted by atomic mass is 35.5. The molecule has 0 spiro atoms. The van der Waals surface area contributed by atoms with Gasteiger partial charge in [0.1, 0.15) is 11.6 Å². The summed E-state index contributed by atoms with van der Waals surface area (Å²) in [5.41, 5.74) is 0.271. The molecule has 2 aromatic rings. The number of rotatable bonds is 6. The lowest BCUT2D eigenvalue weighted by Gasteiger charge is -2.07. The van der Waals surface area contributed by atoms with Crippen molar-refractivity contribution in [2.45, 2.75) is 0 Å². The number of Topliss-reactive ketones (excluding diaryl/α,β-unsaturated/α-hetero) is 1. The molecule has 114 valence electrons. The van der Waals surface area contributed by atoms with Crippen LogP contribution in [0, 0.1) is 5.82 Å². The van der Waals surface area contributed by atoms with E-state index in [0.717, 1.165) is 0 Å². The summed E-state index contributed by atoms with van der Waals surface area (Å²) in [5, 5.41) is 0.555. The highest BCUT2D eigenvalue weighted by Crippen LogP contribution is 2.15. The first-order chi connectivity index (χ1) is 10.5. The zero-order valence-corrected chi connectivity index (χ0v) is 12.2. The summed E-state index contributed by atoms with van der Waals surface area (Å²) in [5.74, 6) is -1.07. The van der Waals surface area contributed by atoms with Crippen LogP contribution in [0.2, 0.25) is 5.02 Å². The van der Waals surface area contributed by atoms with E-state index in [9.17, 15) is 14.0 Å². The SMILES string of the molecule is O=C(COc1ccc(Cl)cc1)OCC(=O)c1ccc(F)cc1. The summed E-state index contributed by atoms with van der Waals surface area (Å²) >= 11 is 5.72. The number of hydrogen-bond donors (Lipinski definition) is 0. The number of benzene rings is 2. The predicted octanol–water partition coefficient (Wildman–Crippen LogP) is 3.28. The van der Waals surface area contributed by atoms with Gasteiger partial charge in [0.2, 0.25) is 0 Å². The van der Waals surface area contributed by atoms with E-state index in [1.807, 2.05) is 0 Å². The molecule has 0 bridgehead atoms. The molecule has 0 fully saturated rings. The lowest BCUT2D eigenvalue weighted by Crippen LogP contribution is -2.19. The Morgan fingerprint density at radius 1 is 0.955 bits per heavy atom. The van der Waals surface area contributed by atoms with Gasteiger partial charge in [0.05, 0.1) is 0 Å². The van der Waals surface area contributed by atoms with Crippen molar-refractivity contribution in [2.24, 2.45) is 0 Å². The summed E-state index contributed by atoms with van der Waals surface area (Å²) in [7, 11) is 0. The molecular weight excluding hydrogens is 311 g/mol. The molecule has 22 heavy (non-hydrogen) atoms. The molecule has 0 atom stereocenters. The number of esters is 1. The fourth-order valence-electron chi connectivity index (χ4n) is 1.58. The normalized spacial score (nSPS) is 10.1. The van der Waals surface area contributed by atoms with E-state index in [1.165, 1.54) is 24.3 Å². The molecular formula is C16H12ClFO4. The molecule has 4 nitrogen and oxygen atoms in total. The van der Waals surface area contributed by atoms with Gasteiger partial charge < -0.3 is 9.47 Å². The first-order valence-corrected chi connectivity index (χ1v) is 6.75. The van der Waals surface area contributed by atoms with Gasteiger partial charge in [0.25, 0.3) is 0 Å². The number of carbonyl (C=O) groups excluding carboxylic acids is 2. The van der Waals surface area contributed by atoms with E-state index in [4.69, 9.17) is 21.1 Å². The molecule has 0 amide bonds. The molecule has 6 heteroatoms. The van der Waals surface area contributed by atoms with Crippen LogP contribution in [0.4, 0.5) is 4.39 Å². The zero-order chi connectivity index (χ0) is 15.9. The van der Waals surface area contributed by atoms with E-state index in [1.54, 1.807) is 24.3 Å². The molecule has 0 heterocycles. The highest BCUT2D eigenvalue weighted by molar-refractivity contribution is 6.30. The Morgan fingerprint density at radius 3 is 2.23 bits per heavy atom. The average molecular weight is 323 g/mol. The number of hydrogen-bond acceptors (Lipinski definition) is 4. The van der Waals surface area contributed by atoms with Gasteiger partial charge in [-0.15, -0.1) is 0 Å². The van der Waals surface area contributed by atoms with E-state index in [-0.39, 0.29) is 12.2 Å². The quantitative estimate of drug-likeness (QED) is 0.605. The summed E-state index contributed by atoms with van der Waals surface area (Å²) in [4.78, 5) is 23.2. The molecule has 0 saturated carbocycles. The van der Waals surface area contributed by atoms with Crippen LogP contribution in [-0.2, 0) is 9.53 Å². The van der Waals surface area contributed by atoms with Crippen LogP contribution in [0.15, 0.2) is 48.5 Å². The van der Waals surface area contributed by atoms with Crippen molar-refractivity contribution >= 4 is 23.4 Å². The van der Waals surface area contributed by atoms with Gasteiger partial charge in [-0.2, -0.15) is 0 Å². The van der Waals surface area contributed by atoms with E-state index in [2.05, 4.69) is 0 Å². The van der Waals surface area contributed by atoms with Crippen LogP contribution in [0.3, 0.4) is 0 Å². The van der Waals surface area contributed by atoms with E-state index in [0.29, 0.717) is 10.8 Å². The van der Waals surface area contributed by atoms with Gasteiger partial charge in [-0.3, -0.25) is 4.79 Å². The van der Waals surface area contributed by atoms with Crippen molar-refractivity contribution in [3.63, 3.8) is 0 Å². The summed E-state index contributed by atoms with van der Waals surface area (Å²) in [6.45, 7) is -0.743. The topological polar surface area (TPSA) is 52.6 Å². The van der Waals surface area contributed by atoms with Crippen molar-refractivity contribution in [2.75, 3.05) is 13.2 Å². The van der Waals surface area contributed by atoms with Crippen molar-refractivity contribution in [1.82, 2.24) is 0 Å². The molecule has 0 aromatic heterocycles. The highest BCUT2D eigenvalue weighted by Gasteiger charge is 2.10. The largest absolute Gasteiger partial charge is 0.482 e. The maximum absolute atomic E-state index is 12.7. The van der Waals surface area contributed by atoms with Crippen molar-refractivity contribution in [3.8, 4) is 5.75 Å². The van der Waals surface area contributed by atoms with Crippen LogP contribution < -0.4 is 4.74 Å². The van der Waals surface area contributed by atoms with E-state index >= 15 is 0 Å². The van der Waals surface area contributed by atoms with Gasteiger partial charge in [0.15, 0.2) is 19.0 Å². The fraction of sp³-hybridized carbons (Fsp3) is 0.125. The third-order valence-corrected chi connectivity index (χ3v) is 2.95. The minimum absolute atomic E-state index is 0.271. The molecule has 0 N–H and O–H groups in total. The second-order valence-electron chi connectivity index (χ2n) is 4.33. The van der Waals surface area contributed by atoms with Gasteiger partial charge in [-0.05, 0) is 48.5 Å². The Labute approximate surface area is 131 Å². The third kappa shape index (κ3) is 4.86. The second kappa shape index (κ2) is 7.56. The Kier molecular flexibility index (Phi) is 5.49. The molecule has 0 unspecified atom stereocenters. The maximum Gasteiger partial charge on any atom is 0.344 e. The van der Waals surface area contributed by atoms with Crippen LogP contribution in [-0.4, -0.2) is 25.0 Å². The Bertz CT molecular complexity index is 653. The number of carbonyl (C=O) groups is 2. The standard InChI is InChI=1S/C16H12ClFO4/c17-12-3-7-14(8-4-12)21-10-16(20)22-9-15(19)11-1-5-13(18)6-2-11/h1-8H,9-10H2. The average Bonchev–Trinajstić information content (AvgIpc) is 2.52. The first kappa shape index (κ1) is 16.0. The third-order valence-electron chi connectivity index (χ3n) is 2.70. The molecule has 0 saturated heterocycles. The Morgan fingerprint density at radius 2 is 1.59 bits per heavy atom. The molecule has 0 aliphatic rings. The smallest absolute Gasteiger partial charge is 0.344 e. The molecule has 2 rings (SSSR count). The molecule has 2 aromatic carbocycles. The molecule has 0 radical (unpaired) electrons. The van der Waals surface area contributed by atoms with Crippen LogP contribution >= 0.6 is 11.6 Å². The van der Waals surface area contributed by atoms with Crippen molar-refractivity contribution < 1.29 is 23.5 Å². The second-order valence-corrected chi connectivity index (χ2v) is 4.77.